The van der Waals surface area contributed by atoms with E-state index in [1.165, 1.54) is 29.5 Å². The number of aromatic nitrogens is 3. The zero-order valence-corrected chi connectivity index (χ0v) is 17.6. The van der Waals surface area contributed by atoms with Gasteiger partial charge < -0.3 is 4.74 Å². The number of aryl methyl sites for hydroxylation is 1. The molecule has 5 nitrogen and oxygen atoms in total. The smallest absolute Gasteiger partial charge is 0.192 e. The summed E-state index contributed by atoms with van der Waals surface area (Å²) in [5.74, 6) is 0.376. The molecule has 154 valence electrons. The Kier molecular flexibility index (Phi) is 6.46. The molecule has 2 aromatic carbocycles. The maximum atomic E-state index is 13.4. The maximum absolute atomic E-state index is 13.4. The molecule has 1 saturated heterocycles. The second-order valence-electron chi connectivity index (χ2n) is 7.48. The molecule has 2 atom stereocenters. The highest BCUT2D eigenvalue weighted by molar-refractivity contribution is 8.00. The number of halogens is 1. The molecular weight excluding hydrogens is 399 g/mol. The Morgan fingerprint density at radius 1 is 1.20 bits per heavy atom. The summed E-state index contributed by atoms with van der Waals surface area (Å²) in [6, 6.07) is 16.9. The third-order valence-electron chi connectivity index (χ3n) is 5.16. The number of ether oxygens (including phenoxy) is 1. The minimum atomic E-state index is -0.291. The van der Waals surface area contributed by atoms with Crippen LogP contribution in [0.4, 0.5) is 4.39 Å². The predicted octanol–water partition coefficient (Wildman–Crippen LogP) is 4.80. The molecule has 0 spiro atoms. The Morgan fingerprint density at radius 2 is 1.97 bits per heavy atom. The van der Waals surface area contributed by atoms with Crippen LogP contribution < -0.4 is 0 Å². The van der Waals surface area contributed by atoms with Gasteiger partial charge in [0.25, 0.3) is 0 Å². The molecule has 3 aromatic rings. The first-order chi connectivity index (χ1) is 14.6. The lowest BCUT2D eigenvalue weighted by Gasteiger charge is -2.16. The van der Waals surface area contributed by atoms with Crippen LogP contribution in [-0.2, 0) is 17.7 Å². The SMILES string of the molecule is Cc1ccc(C[C@@H](C#N)Sc2nnc(-c3ccc(F)cc3)n2C[C@H]2CCCO2)cc1. The van der Waals surface area contributed by atoms with Crippen LogP contribution in [0.15, 0.2) is 53.7 Å². The minimum Gasteiger partial charge on any atom is -0.376 e. The maximum Gasteiger partial charge on any atom is 0.192 e. The number of nitrogens with zero attached hydrogens (tertiary/aromatic N) is 4. The molecule has 0 amide bonds. The molecule has 1 aliphatic rings. The molecule has 0 N–H and O–H groups in total. The van der Waals surface area contributed by atoms with E-state index in [0.717, 1.165) is 30.6 Å². The standard InChI is InChI=1S/C23H23FN4OS/c1-16-4-6-17(7-5-16)13-21(14-25)30-23-27-26-22(18-8-10-19(24)11-9-18)28(23)15-20-3-2-12-29-20/h4-11,20-21H,2-3,12-13,15H2,1H3/t20-,21+/m1/s1. The first kappa shape index (κ1) is 20.6. The van der Waals surface area contributed by atoms with Crippen molar-refractivity contribution in [1.82, 2.24) is 14.8 Å². The Balaban J connectivity index is 1.60. The molecule has 0 radical (unpaired) electrons. The van der Waals surface area contributed by atoms with E-state index in [0.29, 0.717) is 23.9 Å². The molecule has 1 fully saturated rings. The fraction of sp³-hybridized carbons (Fsp3) is 0.348. The van der Waals surface area contributed by atoms with Crippen molar-refractivity contribution in [2.24, 2.45) is 0 Å². The van der Waals surface area contributed by atoms with Gasteiger partial charge in [0.05, 0.1) is 18.7 Å². The molecule has 0 unspecified atom stereocenters. The van der Waals surface area contributed by atoms with Crippen LogP contribution in [0.25, 0.3) is 11.4 Å². The third kappa shape index (κ3) is 4.89. The van der Waals surface area contributed by atoms with Crippen LogP contribution >= 0.6 is 11.8 Å². The van der Waals surface area contributed by atoms with Gasteiger partial charge in [-0.25, -0.2) is 4.39 Å². The van der Waals surface area contributed by atoms with E-state index in [1.54, 1.807) is 12.1 Å². The van der Waals surface area contributed by atoms with Crippen molar-refractivity contribution in [3.05, 3.63) is 65.5 Å². The van der Waals surface area contributed by atoms with E-state index in [2.05, 4.69) is 40.5 Å². The molecule has 4 rings (SSSR count). The molecule has 30 heavy (non-hydrogen) atoms. The fourth-order valence-electron chi connectivity index (χ4n) is 3.52. The van der Waals surface area contributed by atoms with E-state index in [4.69, 9.17) is 4.74 Å². The number of hydrogen-bond donors (Lipinski definition) is 0. The lowest BCUT2D eigenvalue weighted by Crippen LogP contribution is -2.17. The van der Waals surface area contributed by atoms with Crippen molar-refractivity contribution in [3.8, 4) is 17.5 Å². The first-order valence-corrected chi connectivity index (χ1v) is 10.9. The van der Waals surface area contributed by atoms with Crippen molar-refractivity contribution < 1.29 is 9.13 Å². The second kappa shape index (κ2) is 9.41. The quantitative estimate of drug-likeness (QED) is 0.512. The van der Waals surface area contributed by atoms with Gasteiger partial charge in [0, 0.05) is 12.2 Å². The fourth-order valence-corrected chi connectivity index (χ4v) is 4.48. The lowest BCUT2D eigenvalue weighted by atomic mass is 10.1. The summed E-state index contributed by atoms with van der Waals surface area (Å²) in [4.78, 5) is 0. The van der Waals surface area contributed by atoms with Gasteiger partial charge in [-0.15, -0.1) is 10.2 Å². The predicted molar refractivity (Wildman–Crippen MR) is 115 cm³/mol. The Labute approximate surface area is 179 Å². The summed E-state index contributed by atoms with van der Waals surface area (Å²) >= 11 is 1.41. The van der Waals surface area contributed by atoms with Gasteiger partial charge in [-0.05, 0) is 56.0 Å². The average Bonchev–Trinajstić information content (AvgIpc) is 3.41. The van der Waals surface area contributed by atoms with E-state index in [-0.39, 0.29) is 17.2 Å². The van der Waals surface area contributed by atoms with Crippen LogP contribution in [0.3, 0.4) is 0 Å². The topological polar surface area (TPSA) is 63.7 Å². The van der Waals surface area contributed by atoms with Gasteiger partial charge in [-0.3, -0.25) is 4.57 Å². The number of hydrogen-bond acceptors (Lipinski definition) is 5. The van der Waals surface area contributed by atoms with Crippen LogP contribution in [0.5, 0.6) is 0 Å². The largest absolute Gasteiger partial charge is 0.376 e. The van der Waals surface area contributed by atoms with Crippen LogP contribution in [-0.4, -0.2) is 32.7 Å². The zero-order chi connectivity index (χ0) is 20.9. The van der Waals surface area contributed by atoms with E-state index in [9.17, 15) is 9.65 Å². The van der Waals surface area contributed by atoms with E-state index >= 15 is 0 Å². The minimum absolute atomic E-state index is 0.0946. The normalized spacial score (nSPS) is 17.0. The van der Waals surface area contributed by atoms with Gasteiger partial charge in [-0.1, -0.05) is 41.6 Å². The molecule has 0 aliphatic carbocycles. The second-order valence-corrected chi connectivity index (χ2v) is 8.65. The average molecular weight is 423 g/mol. The number of rotatable bonds is 7. The van der Waals surface area contributed by atoms with Gasteiger partial charge in [0.2, 0.25) is 0 Å². The third-order valence-corrected chi connectivity index (χ3v) is 6.23. The monoisotopic (exact) mass is 422 g/mol. The summed E-state index contributed by atoms with van der Waals surface area (Å²) < 4.78 is 21.2. The molecule has 1 aliphatic heterocycles. The highest BCUT2D eigenvalue weighted by Crippen LogP contribution is 2.30. The van der Waals surface area contributed by atoms with Gasteiger partial charge in [0.1, 0.15) is 11.1 Å². The van der Waals surface area contributed by atoms with Crippen molar-refractivity contribution in [3.63, 3.8) is 0 Å². The number of benzene rings is 2. The Morgan fingerprint density at radius 3 is 2.63 bits per heavy atom. The van der Waals surface area contributed by atoms with Crippen molar-refractivity contribution in [1.29, 1.82) is 5.26 Å². The van der Waals surface area contributed by atoms with Crippen LogP contribution in [0.1, 0.15) is 24.0 Å². The summed E-state index contributed by atoms with van der Waals surface area (Å²) in [5, 5.41) is 18.9. The summed E-state index contributed by atoms with van der Waals surface area (Å²) in [7, 11) is 0. The van der Waals surface area contributed by atoms with Crippen LogP contribution in [0.2, 0.25) is 0 Å². The zero-order valence-electron chi connectivity index (χ0n) is 16.8. The molecule has 0 bridgehead atoms. The Hall–Kier alpha value is -2.69. The van der Waals surface area contributed by atoms with Gasteiger partial charge in [-0.2, -0.15) is 5.26 Å². The molecular formula is C23H23FN4OS. The van der Waals surface area contributed by atoms with Crippen molar-refractivity contribution >= 4 is 11.8 Å². The van der Waals surface area contributed by atoms with Crippen molar-refractivity contribution in [2.75, 3.05) is 6.61 Å². The molecule has 7 heteroatoms. The lowest BCUT2D eigenvalue weighted by molar-refractivity contribution is 0.0953. The highest BCUT2D eigenvalue weighted by atomic mass is 32.2. The first-order valence-electron chi connectivity index (χ1n) is 10.0. The Bertz CT molecular complexity index is 1020. The molecule has 2 heterocycles. The van der Waals surface area contributed by atoms with Crippen molar-refractivity contribution in [2.45, 2.75) is 49.2 Å². The van der Waals surface area contributed by atoms with Crippen LogP contribution in [0, 0.1) is 24.1 Å². The highest BCUT2D eigenvalue weighted by Gasteiger charge is 2.24. The number of nitriles is 1. The molecule has 0 saturated carbocycles. The summed E-state index contributed by atoms with van der Waals surface area (Å²) in [6.45, 7) is 3.42. The van der Waals surface area contributed by atoms with E-state index < -0.39 is 0 Å². The van der Waals surface area contributed by atoms with Gasteiger partial charge in [0.15, 0.2) is 11.0 Å². The number of thioether (sulfide) groups is 1. The molecule has 1 aromatic heterocycles. The van der Waals surface area contributed by atoms with Gasteiger partial charge >= 0.3 is 0 Å². The van der Waals surface area contributed by atoms with E-state index in [1.807, 2.05) is 11.5 Å². The summed E-state index contributed by atoms with van der Waals surface area (Å²) in [5.41, 5.74) is 3.10. The summed E-state index contributed by atoms with van der Waals surface area (Å²) in [6.07, 6.45) is 2.74.